The predicted molar refractivity (Wildman–Crippen MR) is 139 cm³/mol. The van der Waals surface area contributed by atoms with Crippen molar-refractivity contribution in [2.24, 2.45) is 0 Å². The molecule has 6 nitrogen and oxygen atoms in total. The van der Waals surface area contributed by atoms with E-state index in [1.165, 1.54) is 19.3 Å². The number of fused-ring (bicyclic) bond motifs is 1. The van der Waals surface area contributed by atoms with E-state index in [1.54, 1.807) is 0 Å². The Kier molecular flexibility index (Phi) is 6.79. The van der Waals surface area contributed by atoms with Gasteiger partial charge in [-0.1, -0.05) is 66.7 Å². The highest BCUT2D eigenvalue weighted by Gasteiger charge is 2.27. The minimum absolute atomic E-state index is 0.0356. The molecule has 0 atom stereocenters. The van der Waals surface area contributed by atoms with Crippen molar-refractivity contribution in [3.63, 3.8) is 0 Å². The number of amides is 1. The molecule has 5 rings (SSSR count). The summed E-state index contributed by atoms with van der Waals surface area (Å²) in [5, 5.41) is 12.0. The van der Waals surface area contributed by atoms with Gasteiger partial charge >= 0.3 is 0 Å². The summed E-state index contributed by atoms with van der Waals surface area (Å²) in [7, 11) is 1.91. The molecule has 0 spiro atoms. The minimum Gasteiger partial charge on any atom is -0.368 e. The van der Waals surface area contributed by atoms with E-state index in [2.05, 4.69) is 20.0 Å². The molecule has 1 amide bonds. The van der Waals surface area contributed by atoms with Crippen LogP contribution < -0.4 is 9.80 Å². The fourth-order valence-electron chi connectivity index (χ4n) is 5.14. The maximum absolute atomic E-state index is 13.4. The van der Waals surface area contributed by atoms with Gasteiger partial charge in [0.1, 0.15) is 0 Å². The van der Waals surface area contributed by atoms with Gasteiger partial charge in [-0.2, -0.15) is 0 Å². The van der Waals surface area contributed by atoms with E-state index >= 15 is 0 Å². The Morgan fingerprint density at radius 3 is 2.26 bits per heavy atom. The highest BCUT2D eigenvalue weighted by atomic mass is 35.5. The molecule has 1 saturated heterocycles. The van der Waals surface area contributed by atoms with Gasteiger partial charge in [0.2, 0.25) is 0 Å². The number of benzene rings is 2. The lowest BCUT2D eigenvalue weighted by atomic mass is 9.94. The number of aromatic nitrogens is 2. The Labute approximate surface area is 210 Å². The van der Waals surface area contributed by atoms with Gasteiger partial charge in [0.25, 0.3) is 5.91 Å². The minimum atomic E-state index is -0.0356. The smallest absolute Gasteiger partial charge is 0.275 e. The van der Waals surface area contributed by atoms with Crippen molar-refractivity contribution in [3.05, 3.63) is 58.2 Å². The van der Waals surface area contributed by atoms with Crippen molar-refractivity contribution in [1.82, 2.24) is 15.1 Å². The summed E-state index contributed by atoms with van der Waals surface area (Å²) in [5.41, 5.74) is 1.51. The third-order valence-electron chi connectivity index (χ3n) is 7.16. The van der Waals surface area contributed by atoms with Crippen LogP contribution in [0.5, 0.6) is 0 Å². The molecule has 1 aromatic heterocycles. The van der Waals surface area contributed by atoms with Gasteiger partial charge in [-0.05, 0) is 31.0 Å². The first-order chi connectivity index (χ1) is 16.5. The van der Waals surface area contributed by atoms with Crippen molar-refractivity contribution >= 4 is 51.4 Å². The number of carbonyl (C=O) groups is 1. The second-order valence-corrected chi connectivity index (χ2v) is 10.0. The largest absolute Gasteiger partial charge is 0.368 e. The molecular formula is C26H29Cl2N5O. The van der Waals surface area contributed by atoms with Crippen molar-refractivity contribution in [3.8, 4) is 0 Å². The average Bonchev–Trinajstić information content (AvgIpc) is 2.89. The highest BCUT2D eigenvalue weighted by Crippen LogP contribution is 2.31. The van der Waals surface area contributed by atoms with E-state index in [9.17, 15) is 4.79 Å². The Morgan fingerprint density at radius 2 is 1.56 bits per heavy atom. The molecule has 1 aliphatic carbocycles. The van der Waals surface area contributed by atoms with E-state index in [-0.39, 0.29) is 11.9 Å². The van der Waals surface area contributed by atoms with E-state index in [1.807, 2.05) is 54.4 Å². The van der Waals surface area contributed by atoms with Crippen LogP contribution in [0.25, 0.3) is 10.8 Å². The number of halogens is 2. The summed E-state index contributed by atoms with van der Waals surface area (Å²) in [6, 6.07) is 14.0. The SMILES string of the molecule is CN(C(=O)c1nnc(N2CCN(c3ccc(Cl)c(Cl)c3)CC2)c2ccccc12)C1CCCCC1. The third kappa shape index (κ3) is 4.53. The number of hydrogen-bond acceptors (Lipinski definition) is 5. The van der Waals surface area contributed by atoms with Crippen LogP contribution >= 0.6 is 23.2 Å². The molecule has 1 saturated carbocycles. The lowest BCUT2D eigenvalue weighted by molar-refractivity contribution is 0.0691. The first-order valence-corrected chi connectivity index (χ1v) is 12.8. The number of piperazine rings is 1. The molecule has 1 aliphatic heterocycles. The molecular weight excluding hydrogens is 469 g/mol. The molecule has 2 aromatic carbocycles. The van der Waals surface area contributed by atoms with Gasteiger partial charge in [0.15, 0.2) is 11.5 Å². The molecule has 2 fully saturated rings. The Hall–Kier alpha value is -2.57. The highest BCUT2D eigenvalue weighted by molar-refractivity contribution is 6.42. The maximum atomic E-state index is 13.4. The molecule has 0 bridgehead atoms. The zero-order chi connectivity index (χ0) is 23.7. The first-order valence-electron chi connectivity index (χ1n) is 12.0. The van der Waals surface area contributed by atoms with Gasteiger partial charge in [-0.15, -0.1) is 10.2 Å². The van der Waals surface area contributed by atoms with E-state index in [4.69, 9.17) is 23.2 Å². The van der Waals surface area contributed by atoms with Gasteiger partial charge in [-0.3, -0.25) is 4.79 Å². The summed E-state index contributed by atoms with van der Waals surface area (Å²) in [5.74, 6) is 0.799. The van der Waals surface area contributed by atoms with Crippen LogP contribution in [0.15, 0.2) is 42.5 Å². The Bertz CT molecular complexity index is 1190. The summed E-state index contributed by atoms with van der Waals surface area (Å²) in [6.07, 6.45) is 5.75. The molecule has 2 heterocycles. The quantitative estimate of drug-likeness (QED) is 0.464. The van der Waals surface area contributed by atoms with E-state index in [0.29, 0.717) is 15.7 Å². The van der Waals surface area contributed by atoms with E-state index in [0.717, 1.165) is 61.3 Å². The lowest BCUT2D eigenvalue weighted by Crippen LogP contribution is -2.47. The number of rotatable bonds is 4. The first kappa shape index (κ1) is 23.2. The number of carbonyl (C=O) groups excluding carboxylic acids is 1. The normalized spacial score (nSPS) is 17.3. The molecule has 0 radical (unpaired) electrons. The summed E-state index contributed by atoms with van der Waals surface area (Å²) < 4.78 is 0. The Morgan fingerprint density at radius 1 is 0.882 bits per heavy atom. The lowest BCUT2D eigenvalue weighted by Gasteiger charge is -2.37. The van der Waals surface area contributed by atoms with Crippen molar-refractivity contribution in [2.45, 2.75) is 38.1 Å². The van der Waals surface area contributed by atoms with Gasteiger partial charge in [0, 0.05) is 55.7 Å². The number of anilines is 2. The van der Waals surface area contributed by atoms with Crippen LogP contribution in [0.4, 0.5) is 11.5 Å². The molecule has 0 N–H and O–H groups in total. The molecule has 2 aliphatic rings. The Balaban J connectivity index is 1.37. The van der Waals surface area contributed by atoms with Crippen LogP contribution in [-0.4, -0.2) is 60.3 Å². The molecule has 34 heavy (non-hydrogen) atoms. The second-order valence-electron chi connectivity index (χ2n) is 9.20. The average molecular weight is 498 g/mol. The standard InChI is InChI=1S/C26H29Cl2N5O/c1-31(18-7-3-2-4-8-18)26(34)24-20-9-5-6-10-21(20)25(30-29-24)33-15-13-32(14-16-33)19-11-12-22(27)23(28)17-19/h5-6,9-12,17-18H,2-4,7-8,13-16H2,1H3. The molecule has 3 aromatic rings. The third-order valence-corrected chi connectivity index (χ3v) is 7.90. The predicted octanol–water partition coefficient (Wildman–Crippen LogP) is 5.67. The van der Waals surface area contributed by atoms with Crippen LogP contribution in [0.1, 0.15) is 42.6 Å². The fraction of sp³-hybridized carbons (Fsp3) is 0.423. The second kappa shape index (κ2) is 9.96. The van der Waals surface area contributed by atoms with E-state index < -0.39 is 0 Å². The summed E-state index contributed by atoms with van der Waals surface area (Å²) >= 11 is 12.3. The van der Waals surface area contributed by atoms with Crippen molar-refractivity contribution in [2.75, 3.05) is 43.0 Å². The van der Waals surface area contributed by atoms with Crippen LogP contribution in [0.3, 0.4) is 0 Å². The summed E-state index contributed by atoms with van der Waals surface area (Å²) in [4.78, 5) is 19.8. The number of hydrogen-bond donors (Lipinski definition) is 0. The van der Waals surface area contributed by atoms with Crippen LogP contribution in [0.2, 0.25) is 10.0 Å². The maximum Gasteiger partial charge on any atom is 0.275 e. The van der Waals surface area contributed by atoms with Gasteiger partial charge in [-0.25, -0.2) is 0 Å². The van der Waals surface area contributed by atoms with Crippen molar-refractivity contribution in [1.29, 1.82) is 0 Å². The summed E-state index contributed by atoms with van der Waals surface area (Å²) in [6.45, 7) is 3.26. The van der Waals surface area contributed by atoms with Crippen molar-refractivity contribution < 1.29 is 4.79 Å². The van der Waals surface area contributed by atoms with Crippen LogP contribution in [0, 0.1) is 0 Å². The molecule has 0 unspecified atom stereocenters. The van der Waals surface area contributed by atoms with Gasteiger partial charge in [0.05, 0.1) is 10.0 Å². The molecule has 8 heteroatoms. The zero-order valence-electron chi connectivity index (χ0n) is 19.4. The molecule has 178 valence electrons. The van der Waals surface area contributed by atoms with Crippen LogP contribution in [-0.2, 0) is 0 Å². The van der Waals surface area contributed by atoms with Gasteiger partial charge < -0.3 is 14.7 Å². The fourth-order valence-corrected chi connectivity index (χ4v) is 5.43. The monoisotopic (exact) mass is 497 g/mol. The topological polar surface area (TPSA) is 52.6 Å². The number of nitrogens with zero attached hydrogens (tertiary/aromatic N) is 5. The zero-order valence-corrected chi connectivity index (χ0v) is 20.9.